The molecule has 1 heterocycles. The summed E-state index contributed by atoms with van der Waals surface area (Å²) in [5.41, 5.74) is 0.511. The van der Waals surface area contributed by atoms with Crippen molar-refractivity contribution in [3.8, 4) is 0 Å². The van der Waals surface area contributed by atoms with Crippen LogP contribution >= 0.6 is 0 Å². The van der Waals surface area contributed by atoms with Crippen molar-refractivity contribution in [2.24, 2.45) is 0 Å². The molecule has 0 aliphatic heterocycles. The van der Waals surface area contributed by atoms with E-state index in [1.165, 1.54) is 16.8 Å². The minimum atomic E-state index is -4.38. The molecule has 1 N–H and O–H groups in total. The Morgan fingerprint density at radius 2 is 2.10 bits per heavy atom. The fraction of sp³-hybridized carbons (Fsp3) is 0.286. The molecule has 7 heteroatoms. The fourth-order valence-corrected chi connectivity index (χ4v) is 1.81. The molecule has 2 aromatic rings. The number of carbonyl (C=O) groups excluding carboxylic acids is 1. The summed E-state index contributed by atoms with van der Waals surface area (Å²) < 4.78 is 39.2. The van der Waals surface area contributed by atoms with Crippen molar-refractivity contribution in [2.75, 3.05) is 0 Å². The summed E-state index contributed by atoms with van der Waals surface area (Å²) in [5, 5.41) is 6.54. The Bertz CT molecular complexity index is 634. The average molecular weight is 297 g/mol. The van der Waals surface area contributed by atoms with Gasteiger partial charge in [-0.05, 0) is 30.7 Å². The summed E-state index contributed by atoms with van der Waals surface area (Å²) in [7, 11) is 0. The Hall–Kier alpha value is -2.31. The number of nitrogens with one attached hydrogen (secondary N) is 1. The van der Waals surface area contributed by atoms with E-state index in [1.54, 1.807) is 12.3 Å². The zero-order valence-corrected chi connectivity index (χ0v) is 11.3. The van der Waals surface area contributed by atoms with Crippen LogP contribution in [0.5, 0.6) is 0 Å². The standard InChI is InChI=1S/C14H14F3N3O/c1-10-5-6-19-20(10)9-13(21)18-8-11-3-2-4-12(7-11)14(15,16)17/h2-7H,8-9H2,1H3,(H,18,21). The first kappa shape index (κ1) is 15.1. The summed E-state index contributed by atoms with van der Waals surface area (Å²) in [4.78, 5) is 11.7. The molecule has 0 aliphatic carbocycles. The van der Waals surface area contributed by atoms with Crippen molar-refractivity contribution in [1.82, 2.24) is 15.1 Å². The number of aromatic nitrogens is 2. The first-order chi connectivity index (χ1) is 9.86. The summed E-state index contributed by atoms with van der Waals surface area (Å²) in [6.45, 7) is 1.90. The van der Waals surface area contributed by atoms with Gasteiger partial charge in [-0.15, -0.1) is 0 Å². The van der Waals surface area contributed by atoms with Crippen molar-refractivity contribution in [2.45, 2.75) is 26.2 Å². The van der Waals surface area contributed by atoms with Gasteiger partial charge in [0, 0.05) is 18.4 Å². The number of nitrogens with zero attached hydrogens (tertiary/aromatic N) is 2. The van der Waals surface area contributed by atoms with E-state index in [9.17, 15) is 18.0 Å². The van der Waals surface area contributed by atoms with Gasteiger partial charge in [-0.3, -0.25) is 9.48 Å². The second-order valence-electron chi connectivity index (χ2n) is 4.61. The molecular formula is C14H14F3N3O. The molecule has 0 atom stereocenters. The van der Waals surface area contributed by atoms with E-state index >= 15 is 0 Å². The average Bonchev–Trinajstić information content (AvgIpc) is 2.81. The molecule has 0 radical (unpaired) electrons. The van der Waals surface area contributed by atoms with Gasteiger partial charge < -0.3 is 5.32 Å². The number of rotatable bonds is 4. The Kier molecular flexibility index (Phi) is 4.30. The van der Waals surface area contributed by atoms with Gasteiger partial charge in [0.2, 0.25) is 5.91 Å². The molecule has 0 aliphatic rings. The molecule has 0 bridgehead atoms. The van der Waals surface area contributed by atoms with Gasteiger partial charge in [0.15, 0.2) is 0 Å². The minimum Gasteiger partial charge on any atom is -0.350 e. The van der Waals surface area contributed by atoms with Crippen LogP contribution in [0.1, 0.15) is 16.8 Å². The van der Waals surface area contributed by atoms with Gasteiger partial charge in [0.25, 0.3) is 0 Å². The van der Waals surface area contributed by atoms with E-state index in [0.717, 1.165) is 17.8 Å². The van der Waals surface area contributed by atoms with Crippen LogP contribution in [-0.4, -0.2) is 15.7 Å². The molecular weight excluding hydrogens is 283 g/mol. The topological polar surface area (TPSA) is 46.9 Å². The maximum Gasteiger partial charge on any atom is 0.416 e. The number of carbonyl (C=O) groups is 1. The predicted molar refractivity (Wildman–Crippen MR) is 70.3 cm³/mol. The zero-order chi connectivity index (χ0) is 15.5. The highest BCUT2D eigenvalue weighted by Gasteiger charge is 2.30. The largest absolute Gasteiger partial charge is 0.416 e. The molecule has 0 saturated heterocycles. The monoisotopic (exact) mass is 297 g/mol. The number of alkyl halides is 3. The van der Waals surface area contributed by atoms with Crippen molar-refractivity contribution in [3.63, 3.8) is 0 Å². The van der Waals surface area contributed by atoms with E-state index in [2.05, 4.69) is 10.4 Å². The maximum absolute atomic E-state index is 12.6. The van der Waals surface area contributed by atoms with Crippen LogP contribution in [0.2, 0.25) is 0 Å². The van der Waals surface area contributed by atoms with Crippen LogP contribution in [0.3, 0.4) is 0 Å². The smallest absolute Gasteiger partial charge is 0.350 e. The fourth-order valence-electron chi connectivity index (χ4n) is 1.81. The number of hydrogen-bond acceptors (Lipinski definition) is 2. The van der Waals surface area contributed by atoms with Crippen LogP contribution in [-0.2, 0) is 24.1 Å². The highest BCUT2D eigenvalue weighted by Crippen LogP contribution is 2.29. The summed E-state index contributed by atoms with van der Waals surface area (Å²) in [5.74, 6) is -0.306. The minimum absolute atomic E-state index is 0.0395. The lowest BCUT2D eigenvalue weighted by atomic mass is 10.1. The molecule has 0 unspecified atom stereocenters. The Balaban J connectivity index is 1.94. The number of hydrogen-bond donors (Lipinski definition) is 1. The zero-order valence-electron chi connectivity index (χ0n) is 11.3. The van der Waals surface area contributed by atoms with E-state index in [4.69, 9.17) is 0 Å². The summed E-state index contributed by atoms with van der Waals surface area (Å²) in [6, 6.07) is 6.65. The summed E-state index contributed by atoms with van der Waals surface area (Å²) in [6.07, 6.45) is -2.80. The van der Waals surface area contributed by atoms with Crippen molar-refractivity contribution in [3.05, 3.63) is 53.3 Å². The SMILES string of the molecule is Cc1ccnn1CC(=O)NCc1cccc(C(F)(F)F)c1. The first-order valence-corrected chi connectivity index (χ1v) is 6.27. The Morgan fingerprint density at radius 1 is 1.33 bits per heavy atom. The predicted octanol–water partition coefficient (Wildman–Crippen LogP) is 2.53. The first-order valence-electron chi connectivity index (χ1n) is 6.27. The van der Waals surface area contributed by atoms with Gasteiger partial charge in [0.1, 0.15) is 6.54 Å². The van der Waals surface area contributed by atoms with Crippen LogP contribution in [0.25, 0.3) is 0 Å². The van der Waals surface area contributed by atoms with Gasteiger partial charge >= 0.3 is 6.18 Å². The van der Waals surface area contributed by atoms with Crippen molar-refractivity contribution in [1.29, 1.82) is 0 Å². The summed E-state index contributed by atoms with van der Waals surface area (Å²) >= 11 is 0. The molecule has 0 saturated carbocycles. The lowest BCUT2D eigenvalue weighted by Gasteiger charge is -2.10. The Labute approximate surface area is 119 Å². The van der Waals surface area contributed by atoms with Crippen LogP contribution in [0.15, 0.2) is 36.5 Å². The number of benzene rings is 1. The number of aryl methyl sites for hydroxylation is 1. The third-order valence-electron chi connectivity index (χ3n) is 2.97. The third-order valence-corrected chi connectivity index (χ3v) is 2.97. The highest BCUT2D eigenvalue weighted by atomic mass is 19.4. The van der Waals surface area contributed by atoms with E-state index in [0.29, 0.717) is 5.56 Å². The quantitative estimate of drug-likeness (QED) is 0.942. The molecule has 1 aromatic carbocycles. The molecule has 0 fully saturated rings. The maximum atomic E-state index is 12.6. The van der Waals surface area contributed by atoms with Gasteiger partial charge in [-0.2, -0.15) is 18.3 Å². The third kappa shape index (κ3) is 4.08. The molecule has 0 spiro atoms. The molecule has 4 nitrogen and oxygen atoms in total. The van der Waals surface area contributed by atoms with Crippen molar-refractivity contribution < 1.29 is 18.0 Å². The van der Waals surface area contributed by atoms with E-state index in [1.807, 2.05) is 6.92 Å². The second kappa shape index (κ2) is 5.99. The number of halogens is 3. The normalized spacial score (nSPS) is 11.4. The molecule has 1 aromatic heterocycles. The lowest BCUT2D eigenvalue weighted by Crippen LogP contribution is -2.28. The highest BCUT2D eigenvalue weighted by molar-refractivity contribution is 5.75. The van der Waals surface area contributed by atoms with Crippen LogP contribution < -0.4 is 5.32 Å². The van der Waals surface area contributed by atoms with Crippen LogP contribution in [0.4, 0.5) is 13.2 Å². The molecule has 112 valence electrons. The van der Waals surface area contributed by atoms with E-state index in [-0.39, 0.29) is 19.0 Å². The Morgan fingerprint density at radius 3 is 2.71 bits per heavy atom. The molecule has 21 heavy (non-hydrogen) atoms. The second-order valence-corrected chi connectivity index (χ2v) is 4.61. The van der Waals surface area contributed by atoms with E-state index < -0.39 is 11.7 Å². The van der Waals surface area contributed by atoms with Crippen molar-refractivity contribution >= 4 is 5.91 Å². The molecule has 2 rings (SSSR count). The van der Waals surface area contributed by atoms with Gasteiger partial charge in [-0.25, -0.2) is 0 Å². The van der Waals surface area contributed by atoms with Crippen LogP contribution in [0, 0.1) is 6.92 Å². The molecule has 1 amide bonds. The lowest BCUT2D eigenvalue weighted by molar-refractivity contribution is -0.137. The van der Waals surface area contributed by atoms with Gasteiger partial charge in [0.05, 0.1) is 5.56 Å². The van der Waals surface area contributed by atoms with Gasteiger partial charge in [-0.1, -0.05) is 12.1 Å². The number of amides is 1.